The lowest BCUT2D eigenvalue weighted by Crippen LogP contribution is -2.41. The lowest BCUT2D eigenvalue weighted by Gasteiger charge is -2.14. The van der Waals surface area contributed by atoms with E-state index in [4.69, 9.17) is 9.47 Å². The molecule has 0 aliphatic carbocycles. The highest BCUT2D eigenvalue weighted by Gasteiger charge is 2.19. The highest BCUT2D eigenvalue weighted by atomic mass is 16.5. The van der Waals surface area contributed by atoms with Gasteiger partial charge in [0.2, 0.25) is 11.9 Å². The summed E-state index contributed by atoms with van der Waals surface area (Å²) in [6.45, 7) is 1.59. The summed E-state index contributed by atoms with van der Waals surface area (Å²) < 4.78 is 10.3. The summed E-state index contributed by atoms with van der Waals surface area (Å²) >= 11 is 0. The molecular formula is C19H20N4O4. The normalized spacial score (nSPS) is 11.7. The van der Waals surface area contributed by atoms with E-state index in [9.17, 15) is 9.59 Å². The second-order valence-corrected chi connectivity index (χ2v) is 5.89. The van der Waals surface area contributed by atoms with Crippen LogP contribution in [0.3, 0.4) is 0 Å². The van der Waals surface area contributed by atoms with E-state index in [1.165, 1.54) is 14.2 Å². The monoisotopic (exact) mass is 368 g/mol. The van der Waals surface area contributed by atoms with Gasteiger partial charge in [-0.3, -0.25) is 14.9 Å². The van der Waals surface area contributed by atoms with Gasteiger partial charge in [0.25, 0.3) is 5.91 Å². The molecule has 1 heterocycles. The number of carbonyl (C=O) groups excluding carboxylic acids is 2. The molecule has 0 saturated carbocycles. The van der Waals surface area contributed by atoms with Crippen molar-refractivity contribution in [2.75, 3.05) is 19.5 Å². The number of amides is 2. The van der Waals surface area contributed by atoms with Crippen LogP contribution in [0.1, 0.15) is 17.3 Å². The van der Waals surface area contributed by atoms with Crippen LogP contribution in [-0.2, 0) is 4.79 Å². The van der Waals surface area contributed by atoms with Gasteiger partial charge in [-0.15, -0.1) is 0 Å². The molecule has 0 fully saturated rings. The minimum atomic E-state index is -0.775. The number of hydrogen-bond donors (Lipinski definition) is 3. The van der Waals surface area contributed by atoms with Crippen molar-refractivity contribution < 1.29 is 19.1 Å². The van der Waals surface area contributed by atoms with Crippen LogP contribution in [0.25, 0.3) is 11.0 Å². The number of methoxy groups -OCH3 is 2. The summed E-state index contributed by atoms with van der Waals surface area (Å²) in [4.78, 5) is 32.1. The Bertz CT molecular complexity index is 928. The number of aromatic nitrogens is 2. The smallest absolute Gasteiger partial charge is 0.252 e. The van der Waals surface area contributed by atoms with Gasteiger partial charge in [0.05, 0.1) is 25.3 Å². The molecule has 0 aliphatic heterocycles. The van der Waals surface area contributed by atoms with Gasteiger partial charge in [0.15, 0.2) is 0 Å². The van der Waals surface area contributed by atoms with Crippen LogP contribution in [-0.4, -0.2) is 42.0 Å². The molecule has 3 N–H and O–H groups in total. The quantitative estimate of drug-likeness (QED) is 0.619. The summed E-state index contributed by atoms with van der Waals surface area (Å²) in [5.41, 5.74) is 1.88. The molecule has 8 heteroatoms. The van der Waals surface area contributed by atoms with Gasteiger partial charge in [0.1, 0.15) is 17.5 Å². The number of rotatable bonds is 6. The number of carbonyl (C=O) groups is 2. The first-order chi connectivity index (χ1) is 13.0. The van der Waals surface area contributed by atoms with Crippen LogP contribution in [0.5, 0.6) is 11.5 Å². The summed E-state index contributed by atoms with van der Waals surface area (Å²) in [5.74, 6) is 0.486. The van der Waals surface area contributed by atoms with Crippen molar-refractivity contribution in [3.05, 3.63) is 48.0 Å². The Morgan fingerprint density at radius 3 is 2.37 bits per heavy atom. The molecule has 1 atom stereocenters. The van der Waals surface area contributed by atoms with E-state index < -0.39 is 17.9 Å². The van der Waals surface area contributed by atoms with Gasteiger partial charge in [-0.05, 0) is 31.2 Å². The van der Waals surface area contributed by atoms with Crippen LogP contribution in [0, 0.1) is 0 Å². The predicted molar refractivity (Wildman–Crippen MR) is 101 cm³/mol. The Labute approximate surface area is 155 Å². The number of H-pyrrole nitrogens is 1. The first-order valence-electron chi connectivity index (χ1n) is 8.29. The zero-order valence-electron chi connectivity index (χ0n) is 15.2. The average Bonchev–Trinajstić information content (AvgIpc) is 3.09. The first-order valence-corrected chi connectivity index (χ1v) is 8.29. The number of para-hydroxylation sites is 2. The van der Waals surface area contributed by atoms with Crippen molar-refractivity contribution in [3.63, 3.8) is 0 Å². The van der Waals surface area contributed by atoms with E-state index in [2.05, 4.69) is 20.6 Å². The van der Waals surface area contributed by atoms with Crippen LogP contribution in [0.15, 0.2) is 42.5 Å². The average molecular weight is 368 g/mol. The number of benzene rings is 2. The molecule has 3 aromatic rings. The van der Waals surface area contributed by atoms with Crippen LogP contribution in [0.2, 0.25) is 0 Å². The number of nitrogens with zero attached hydrogens (tertiary/aromatic N) is 1. The van der Waals surface area contributed by atoms with E-state index >= 15 is 0 Å². The van der Waals surface area contributed by atoms with Crippen molar-refractivity contribution in [2.45, 2.75) is 13.0 Å². The van der Waals surface area contributed by atoms with Gasteiger partial charge in [-0.25, -0.2) is 4.98 Å². The fourth-order valence-electron chi connectivity index (χ4n) is 2.52. The third-order valence-corrected chi connectivity index (χ3v) is 3.99. The molecule has 0 spiro atoms. The molecule has 27 heavy (non-hydrogen) atoms. The van der Waals surface area contributed by atoms with Gasteiger partial charge in [-0.2, -0.15) is 0 Å². The molecule has 3 rings (SSSR count). The number of fused-ring (bicyclic) bond motifs is 1. The predicted octanol–water partition coefficient (Wildman–Crippen LogP) is 2.34. The molecule has 1 aromatic heterocycles. The molecule has 2 amide bonds. The standard InChI is InChI=1S/C19H20N4O4/c1-11(17(24)23-19-21-15-6-4-5-7-16(15)22-19)20-18(25)12-8-13(26-2)10-14(9-12)27-3/h4-11H,1-3H3,(H,20,25)(H2,21,22,23,24). The summed E-state index contributed by atoms with van der Waals surface area (Å²) in [5, 5.41) is 5.31. The van der Waals surface area contributed by atoms with E-state index in [1.54, 1.807) is 25.1 Å². The van der Waals surface area contributed by atoms with E-state index in [0.29, 0.717) is 23.0 Å². The maximum atomic E-state index is 12.5. The second kappa shape index (κ2) is 7.77. The Morgan fingerprint density at radius 2 is 1.74 bits per heavy atom. The topological polar surface area (TPSA) is 105 Å². The highest BCUT2D eigenvalue weighted by Crippen LogP contribution is 2.22. The lowest BCUT2D eigenvalue weighted by atomic mass is 10.1. The van der Waals surface area contributed by atoms with Crippen LogP contribution < -0.4 is 20.1 Å². The van der Waals surface area contributed by atoms with Crippen LogP contribution >= 0.6 is 0 Å². The van der Waals surface area contributed by atoms with Gasteiger partial charge in [-0.1, -0.05) is 12.1 Å². The Hall–Kier alpha value is -3.55. The Morgan fingerprint density at radius 1 is 1.07 bits per heavy atom. The van der Waals surface area contributed by atoms with Crippen molar-refractivity contribution >= 4 is 28.8 Å². The molecule has 0 bridgehead atoms. The van der Waals surface area contributed by atoms with Crippen molar-refractivity contribution in [2.24, 2.45) is 0 Å². The number of ether oxygens (including phenoxy) is 2. The largest absolute Gasteiger partial charge is 0.497 e. The lowest BCUT2D eigenvalue weighted by molar-refractivity contribution is -0.117. The molecule has 0 aliphatic rings. The molecule has 2 aromatic carbocycles. The molecular weight excluding hydrogens is 348 g/mol. The highest BCUT2D eigenvalue weighted by molar-refractivity contribution is 6.01. The maximum Gasteiger partial charge on any atom is 0.252 e. The first kappa shape index (κ1) is 18.2. The molecule has 140 valence electrons. The second-order valence-electron chi connectivity index (χ2n) is 5.89. The number of hydrogen-bond acceptors (Lipinski definition) is 5. The zero-order valence-corrected chi connectivity index (χ0v) is 15.2. The fraction of sp³-hybridized carbons (Fsp3) is 0.211. The SMILES string of the molecule is COc1cc(OC)cc(C(=O)NC(C)C(=O)Nc2nc3ccccc3[nH]2)c1. The van der Waals surface area contributed by atoms with Crippen LogP contribution in [0.4, 0.5) is 5.95 Å². The Kier molecular flexibility index (Phi) is 5.25. The molecule has 0 radical (unpaired) electrons. The summed E-state index contributed by atoms with van der Waals surface area (Å²) in [6, 6.07) is 11.5. The maximum absolute atomic E-state index is 12.5. The molecule has 8 nitrogen and oxygen atoms in total. The number of nitrogens with one attached hydrogen (secondary N) is 3. The fourth-order valence-corrected chi connectivity index (χ4v) is 2.52. The summed E-state index contributed by atoms with van der Waals surface area (Å²) in [6.07, 6.45) is 0. The number of imidazole rings is 1. The minimum absolute atomic E-state index is 0.324. The van der Waals surface area contributed by atoms with E-state index in [1.807, 2.05) is 24.3 Å². The number of anilines is 1. The minimum Gasteiger partial charge on any atom is -0.497 e. The van der Waals surface area contributed by atoms with E-state index in [-0.39, 0.29) is 0 Å². The van der Waals surface area contributed by atoms with Gasteiger partial charge >= 0.3 is 0 Å². The Balaban J connectivity index is 1.67. The third kappa shape index (κ3) is 4.17. The number of aromatic amines is 1. The molecule has 0 saturated heterocycles. The third-order valence-electron chi connectivity index (χ3n) is 3.99. The van der Waals surface area contributed by atoms with Crippen molar-refractivity contribution in [1.82, 2.24) is 15.3 Å². The zero-order chi connectivity index (χ0) is 19.4. The van der Waals surface area contributed by atoms with Gasteiger partial charge in [0, 0.05) is 11.6 Å². The van der Waals surface area contributed by atoms with Crippen molar-refractivity contribution in [1.29, 1.82) is 0 Å². The van der Waals surface area contributed by atoms with E-state index in [0.717, 1.165) is 11.0 Å². The van der Waals surface area contributed by atoms with Crippen molar-refractivity contribution in [3.8, 4) is 11.5 Å². The molecule has 1 unspecified atom stereocenters. The summed E-state index contributed by atoms with van der Waals surface area (Å²) in [7, 11) is 3.00. The van der Waals surface area contributed by atoms with Gasteiger partial charge < -0.3 is 19.8 Å².